The van der Waals surface area contributed by atoms with Gasteiger partial charge in [-0.05, 0) is 38.1 Å². The Morgan fingerprint density at radius 2 is 2.05 bits per heavy atom. The molecule has 1 aliphatic rings. The molecule has 0 amide bonds. The molecule has 2 aromatic rings. The third-order valence-electron chi connectivity index (χ3n) is 3.35. The summed E-state index contributed by atoms with van der Waals surface area (Å²) in [6.45, 7) is 2.06. The molecule has 0 atom stereocenters. The normalized spacial score (nSPS) is 16.4. The summed E-state index contributed by atoms with van der Waals surface area (Å²) in [7, 11) is 0. The van der Waals surface area contributed by atoms with Gasteiger partial charge in [0.2, 0.25) is 0 Å². The van der Waals surface area contributed by atoms with Crippen molar-refractivity contribution in [3.05, 3.63) is 36.7 Å². The minimum absolute atomic E-state index is 0.136. The molecule has 0 aliphatic carbocycles. The van der Waals surface area contributed by atoms with Crippen molar-refractivity contribution in [2.45, 2.75) is 18.9 Å². The number of aromatic hydroxyl groups is 1. The summed E-state index contributed by atoms with van der Waals surface area (Å²) < 4.78 is 7.59. The van der Waals surface area contributed by atoms with Crippen molar-refractivity contribution in [2.75, 3.05) is 13.1 Å². The fourth-order valence-corrected chi connectivity index (χ4v) is 2.31. The second kappa shape index (κ2) is 5.32. The van der Waals surface area contributed by atoms with Crippen LogP contribution in [0.1, 0.15) is 18.9 Å². The van der Waals surface area contributed by atoms with Gasteiger partial charge >= 0.3 is 0 Å². The van der Waals surface area contributed by atoms with E-state index in [4.69, 9.17) is 4.74 Å². The fourth-order valence-electron chi connectivity index (χ4n) is 2.31. The first-order valence-corrected chi connectivity index (χ1v) is 6.53. The summed E-state index contributed by atoms with van der Waals surface area (Å²) in [4.78, 5) is 0. The third kappa shape index (κ3) is 2.71. The van der Waals surface area contributed by atoms with Crippen molar-refractivity contribution >= 4 is 0 Å². The quantitative estimate of drug-likeness (QED) is 0.888. The molecular formula is C14H17N3O2. The highest BCUT2D eigenvalue weighted by Crippen LogP contribution is 2.30. The number of phenolic OH excluding ortho intramolecular Hbond substituents is 1. The van der Waals surface area contributed by atoms with Crippen LogP contribution in [0.4, 0.5) is 0 Å². The second-order valence-corrected chi connectivity index (χ2v) is 4.71. The Morgan fingerprint density at radius 1 is 1.26 bits per heavy atom. The first-order valence-electron chi connectivity index (χ1n) is 6.53. The smallest absolute Gasteiger partial charge is 0.169 e. The number of phenols is 1. The molecule has 1 aliphatic heterocycles. The van der Waals surface area contributed by atoms with Crippen LogP contribution in [-0.2, 0) is 0 Å². The Labute approximate surface area is 111 Å². The largest absolute Gasteiger partial charge is 0.504 e. The third-order valence-corrected chi connectivity index (χ3v) is 3.35. The summed E-state index contributed by atoms with van der Waals surface area (Å²) in [6, 6.07) is 7.36. The molecule has 19 heavy (non-hydrogen) atoms. The van der Waals surface area contributed by atoms with Gasteiger partial charge in [0.15, 0.2) is 17.2 Å². The number of ether oxygens (including phenoxy) is 1. The van der Waals surface area contributed by atoms with Crippen LogP contribution in [0.2, 0.25) is 0 Å². The molecule has 2 heterocycles. The Kier molecular flexibility index (Phi) is 3.37. The monoisotopic (exact) mass is 259 g/mol. The van der Waals surface area contributed by atoms with Gasteiger partial charge < -0.3 is 15.2 Å². The molecule has 0 bridgehead atoms. The molecule has 1 aromatic carbocycles. The van der Waals surface area contributed by atoms with Crippen LogP contribution in [0, 0.1) is 0 Å². The van der Waals surface area contributed by atoms with E-state index in [0.29, 0.717) is 17.5 Å². The number of para-hydroxylation sites is 2. The van der Waals surface area contributed by atoms with Crippen LogP contribution in [0.15, 0.2) is 36.7 Å². The van der Waals surface area contributed by atoms with Crippen molar-refractivity contribution in [2.24, 2.45) is 0 Å². The highest BCUT2D eigenvalue weighted by atomic mass is 16.5. The zero-order valence-electron chi connectivity index (χ0n) is 10.6. The zero-order chi connectivity index (χ0) is 13.1. The highest BCUT2D eigenvalue weighted by molar-refractivity contribution is 5.40. The topological polar surface area (TPSA) is 59.3 Å². The number of nitrogens with zero attached hydrogens (tertiary/aromatic N) is 2. The van der Waals surface area contributed by atoms with Crippen molar-refractivity contribution in [1.82, 2.24) is 15.1 Å². The van der Waals surface area contributed by atoms with Crippen molar-refractivity contribution in [1.29, 1.82) is 0 Å². The van der Waals surface area contributed by atoms with E-state index < -0.39 is 0 Å². The molecule has 5 nitrogen and oxygen atoms in total. The number of rotatable bonds is 3. The maximum atomic E-state index is 9.67. The summed E-state index contributed by atoms with van der Waals surface area (Å²) in [5.74, 6) is 1.24. The second-order valence-electron chi connectivity index (χ2n) is 4.71. The van der Waals surface area contributed by atoms with Crippen LogP contribution < -0.4 is 10.1 Å². The van der Waals surface area contributed by atoms with Gasteiger partial charge in [0.25, 0.3) is 0 Å². The van der Waals surface area contributed by atoms with Crippen LogP contribution in [0.3, 0.4) is 0 Å². The van der Waals surface area contributed by atoms with E-state index >= 15 is 0 Å². The predicted octanol–water partition coefficient (Wildman–Crippen LogP) is 2.31. The highest BCUT2D eigenvalue weighted by Gasteiger charge is 2.16. The molecule has 1 fully saturated rings. The van der Waals surface area contributed by atoms with Gasteiger partial charge in [-0.25, -0.2) is 0 Å². The summed E-state index contributed by atoms with van der Waals surface area (Å²) in [5.41, 5.74) is 0. The zero-order valence-corrected chi connectivity index (χ0v) is 10.6. The molecule has 0 spiro atoms. The summed E-state index contributed by atoms with van der Waals surface area (Å²) in [5, 5.41) is 17.3. The van der Waals surface area contributed by atoms with Gasteiger partial charge in [-0.3, -0.25) is 4.68 Å². The maximum absolute atomic E-state index is 9.67. The number of aromatic nitrogens is 2. The van der Waals surface area contributed by atoms with E-state index in [1.54, 1.807) is 24.4 Å². The van der Waals surface area contributed by atoms with E-state index in [2.05, 4.69) is 10.4 Å². The van der Waals surface area contributed by atoms with Crippen molar-refractivity contribution < 1.29 is 9.84 Å². The maximum Gasteiger partial charge on any atom is 0.169 e. The number of piperidine rings is 1. The van der Waals surface area contributed by atoms with Gasteiger partial charge in [0.05, 0.1) is 18.4 Å². The molecule has 0 saturated carbocycles. The predicted molar refractivity (Wildman–Crippen MR) is 71.5 cm³/mol. The molecule has 2 N–H and O–H groups in total. The molecule has 0 unspecified atom stereocenters. The van der Waals surface area contributed by atoms with Gasteiger partial charge in [-0.1, -0.05) is 12.1 Å². The van der Waals surface area contributed by atoms with Crippen LogP contribution in [0.25, 0.3) is 0 Å². The van der Waals surface area contributed by atoms with E-state index in [1.807, 2.05) is 16.9 Å². The molecule has 3 rings (SSSR count). The van der Waals surface area contributed by atoms with Crippen LogP contribution in [0.5, 0.6) is 17.2 Å². The van der Waals surface area contributed by atoms with E-state index in [1.165, 1.54) is 0 Å². The number of hydrogen-bond donors (Lipinski definition) is 2. The molecule has 100 valence electrons. The first kappa shape index (κ1) is 12.0. The Morgan fingerprint density at radius 3 is 2.84 bits per heavy atom. The summed E-state index contributed by atoms with van der Waals surface area (Å²) in [6.07, 6.45) is 5.74. The Bertz CT molecular complexity index is 547. The lowest BCUT2D eigenvalue weighted by Gasteiger charge is -2.22. The Hall–Kier alpha value is -2.01. The fraction of sp³-hybridized carbons (Fsp3) is 0.357. The molecular weight excluding hydrogens is 242 g/mol. The molecule has 1 saturated heterocycles. The van der Waals surface area contributed by atoms with E-state index in [9.17, 15) is 5.11 Å². The van der Waals surface area contributed by atoms with Gasteiger partial charge in [0.1, 0.15) is 0 Å². The minimum atomic E-state index is 0.136. The lowest BCUT2D eigenvalue weighted by Crippen LogP contribution is -2.29. The van der Waals surface area contributed by atoms with Crippen LogP contribution >= 0.6 is 0 Å². The standard InChI is InChI=1S/C14H17N3O2/c18-13-3-1-2-4-14(13)19-12-9-16-17(10-12)11-5-7-15-8-6-11/h1-4,9-11,15,18H,5-8H2. The van der Waals surface area contributed by atoms with Crippen LogP contribution in [-0.4, -0.2) is 28.0 Å². The van der Waals surface area contributed by atoms with Crippen molar-refractivity contribution in [3.63, 3.8) is 0 Å². The van der Waals surface area contributed by atoms with E-state index in [-0.39, 0.29) is 5.75 Å². The first-order chi connectivity index (χ1) is 9.33. The minimum Gasteiger partial charge on any atom is -0.504 e. The molecule has 1 aromatic heterocycles. The average Bonchev–Trinajstić information content (AvgIpc) is 2.91. The summed E-state index contributed by atoms with van der Waals surface area (Å²) >= 11 is 0. The lowest BCUT2D eigenvalue weighted by atomic mass is 10.1. The van der Waals surface area contributed by atoms with Gasteiger partial charge in [-0.15, -0.1) is 0 Å². The lowest BCUT2D eigenvalue weighted by molar-refractivity contribution is 0.341. The van der Waals surface area contributed by atoms with Gasteiger partial charge in [0, 0.05) is 0 Å². The molecule has 5 heteroatoms. The number of benzene rings is 1. The number of hydrogen-bond acceptors (Lipinski definition) is 4. The Balaban J connectivity index is 1.73. The van der Waals surface area contributed by atoms with Crippen molar-refractivity contribution in [3.8, 4) is 17.2 Å². The van der Waals surface area contributed by atoms with E-state index in [0.717, 1.165) is 25.9 Å². The van der Waals surface area contributed by atoms with Gasteiger partial charge in [-0.2, -0.15) is 5.10 Å². The SMILES string of the molecule is Oc1ccccc1Oc1cnn(C2CCNCC2)c1. The average molecular weight is 259 g/mol. The molecule has 0 radical (unpaired) electrons. The number of nitrogens with one attached hydrogen (secondary N) is 1.